The van der Waals surface area contributed by atoms with Gasteiger partial charge in [-0.25, -0.2) is 0 Å². The van der Waals surface area contributed by atoms with Gasteiger partial charge in [-0.05, 0) is 174 Å². The molecule has 7 aliphatic rings. The molecule has 6 N–H and O–H groups in total. The van der Waals surface area contributed by atoms with Crippen molar-refractivity contribution in [3.63, 3.8) is 0 Å². The number of alkyl halides is 12. The lowest BCUT2D eigenvalue weighted by Crippen LogP contribution is -2.57. The predicted octanol–water partition coefficient (Wildman–Crippen LogP) is 22.4. The molecule has 6 aromatic carbocycles. The highest BCUT2D eigenvalue weighted by atomic mass is 35.6. The van der Waals surface area contributed by atoms with Gasteiger partial charge in [0.25, 0.3) is 0 Å². The Morgan fingerprint density at radius 1 is 0.653 bits per heavy atom. The molecule has 0 aliphatic carbocycles. The van der Waals surface area contributed by atoms with E-state index >= 15 is 0 Å². The van der Waals surface area contributed by atoms with Gasteiger partial charge in [0.15, 0.2) is 35.5 Å². The molecule has 121 heavy (non-hydrogen) atoms. The van der Waals surface area contributed by atoms with Crippen molar-refractivity contribution < 1.29 is 115 Å². The Hall–Kier alpha value is -9.85. The zero-order valence-corrected chi connectivity index (χ0v) is 71.1. The number of amides is 2. The van der Waals surface area contributed by atoms with Crippen molar-refractivity contribution in [3.8, 4) is 34.5 Å². The van der Waals surface area contributed by atoms with E-state index in [0.29, 0.717) is 96.9 Å². The molecular formula is C86H98ClF13N6O12SSi2. The number of halogens is 14. The molecule has 7 aliphatic heterocycles. The number of nitrogens with zero attached hydrogens (tertiary/aromatic N) is 4. The van der Waals surface area contributed by atoms with E-state index < -0.39 is 92.5 Å². The first-order valence-corrected chi connectivity index (χ1v) is 45.3. The number of hydrogen-bond acceptors (Lipinski definition) is 14. The quantitative estimate of drug-likeness (QED) is 0.0261. The number of phenols is 1. The smallest absolute Gasteiger partial charge is 0.449 e. The second-order valence-corrected chi connectivity index (χ2v) is 44.4. The highest BCUT2D eigenvalue weighted by Gasteiger charge is 2.48. The summed E-state index contributed by atoms with van der Waals surface area (Å²) in [6, 6.07) is 32.8. The lowest BCUT2D eigenvalue weighted by atomic mass is 9.73. The molecule has 10 heterocycles. The highest BCUT2D eigenvalue weighted by Crippen LogP contribution is 2.53. The number of hydrogen-bond donors (Lipinski definition) is 4. The molecule has 656 valence electrons. The van der Waals surface area contributed by atoms with Crippen molar-refractivity contribution in [2.75, 3.05) is 41.8 Å². The van der Waals surface area contributed by atoms with Gasteiger partial charge in [0.2, 0.25) is 45.2 Å². The van der Waals surface area contributed by atoms with Crippen LogP contribution in [0.25, 0.3) is 10.9 Å². The number of para-hydroxylation sites is 2. The van der Waals surface area contributed by atoms with Crippen LogP contribution in [0.1, 0.15) is 161 Å². The predicted molar refractivity (Wildman–Crippen MR) is 446 cm³/mol. The molecular weight excluding hydrogens is 1680 g/mol. The zero-order chi connectivity index (χ0) is 86.3. The minimum atomic E-state index is -4.98. The van der Waals surface area contributed by atoms with E-state index in [-0.39, 0.29) is 96.3 Å². The number of aromatic nitrogens is 1. The Bertz CT molecular complexity index is 5140. The molecule has 18 nitrogen and oxygen atoms in total. The number of pyridine rings is 1. The molecule has 2 bridgehead atoms. The van der Waals surface area contributed by atoms with Crippen molar-refractivity contribution >= 4 is 83.9 Å². The summed E-state index contributed by atoms with van der Waals surface area (Å²) in [5.74, 6) is -1.47. The number of nitrogens with one attached hydrogen (secondary N) is 2. The van der Waals surface area contributed by atoms with Crippen LogP contribution < -0.4 is 43.8 Å². The van der Waals surface area contributed by atoms with Crippen molar-refractivity contribution in [3.05, 3.63) is 226 Å². The van der Waals surface area contributed by atoms with E-state index in [0.717, 1.165) is 54.6 Å². The summed E-state index contributed by atoms with van der Waals surface area (Å²) in [4.78, 5) is 36.8. The van der Waals surface area contributed by atoms with Gasteiger partial charge in [-0.3, -0.25) is 24.2 Å². The Morgan fingerprint density at radius 3 is 1.58 bits per heavy atom. The van der Waals surface area contributed by atoms with Gasteiger partial charge in [-0.1, -0.05) is 124 Å². The van der Waals surface area contributed by atoms with Crippen LogP contribution in [0.5, 0.6) is 34.5 Å². The monoisotopic (exact) mass is 1780 g/mol. The Balaban J connectivity index is 0.000000213. The second-order valence-electron chi connectivity index (χ2n) is 32.0. The fourth-order valence-corrected chi connectivity index (χ4v) is 15.4. The molecule has 3 aromatic heterocycles. The summed E-state index contributed by atoms with van der Waals surface area (Å²) < 4.78 is 197. The summed E-state index contributed by atoms with van der Waals surface area (Å²) in [6.07, 6.45) is -13.8. The van der Waals surface area contributed by atoms with Crippen LogP contribution in [-0.4, -0.2) is 90.9 Å². The van der Waals surface area contributed by atoms with Crippen LogP contribution in [-0.2, 0) is 54.0 Å². The summed E-state index contributed by atoms with van der Waals surface area (Å²) in [7, 11) is -3.70. The summed E-state index contributed by atoms with van der Waals surface area (Å²) in [5.41, 5.74) is 2.32. The van der Waals surface area contributed by atoms with Crippen molar-refractivity contribution in [2.45, 2.75) is 180 Å². The van der Waals surface area contributed by atoms with Crippen LogP contribution in [0.15, 0.2) is 167 Å². The minimum absolute atomic E-state index is 0. The van der Waals surface area contributed by atoms with Crippen molar-refractivity contribution in [2.24, 2.45) is 11.8 Å². The molecule has 16 rings (SSSR count). The van der Waals surface area contributed by atoms with Crippen LogP contribution in [0, 0.1) is 11.8 Å². The number of thiocarbonyl (C=S) groups is 1. The highest BCUT2D eigenvalue weighted by molar-refractivity contribution is 7.80. The largest absolute Gasteiger partial charge is 0.543 e. The molecule has 3 fully saturated rings. The standard InChI is InChI=1S/C29H28F6N4OS.C27H28F3NO5Si.C21H14F3NO5.C6H15ClSi.C2H6.CH4.FH.H2O/c1-2-17-14-39-8-6-18(17)10-25(39)26(22-5-7-36-24-4-3-16(15-40)9-23(22)24)38-27(41)37-21-12-19(28(30,31)32)11-20(13-21)29(33,34)35;1-26(2,3)37(4,5)36-20-13-22-21(33-15-34-22)12-18(20)24-17-8-6-7-9-19(17)31(25(24)32)14-16-10-11-23(35-16)27(28,29)30;22-21(23,24)18-6-5-11(30-18)9-25-14-4-2-1-3-12(14)19(20(25)27)13-7-16-17(8-15(13)26)29-10-28-16;1-6(2,3)8(4,5)7;1-2;;;/h2-5,7,9,11-13,17-18,25-26,40H,1,6,8,10,14-15H2,(H2,37,38,41);6-13,24H,14-15H2,1-5H3;1-8,19,26H,9-10H2;1-5H3;1-2H3;1H4;1H;1H2/t17?,18?,25?,26-;;;;;;;/m0......./s1. The molecule has 9 aromatic rings. The number of aromatic hydroxyl groups is 1. The average molecular weight is 1780 g/mol. The van der Waals surface area contributed by atoms with Crippen molar-refractivity contribution in [1.82, 2.24) is 15.2 Å². The SMILES string of the molecule is C.C=CC1CN2CCC1CC2[C@@H](NC(=S)Nc1cc(C(F)(F)F)cc(C(F)(F)F)c1)c1ccnc2ccc(CO)cc12.CC.CC(C)(C)[Si](C)(C)Cl.CC(C)(C)[Si](C)(C)Oc1cc2c(cc1C1C(=O)N(Cc3ccc(C(F)(F)F)o3)c3ccccc31)OCO2.F.O.O=C1C(c2cc3c(cc2O)OCO3)c2ccccc2N1Cc1ccc(C(F)(F)F)o1. The number of ether oxygens (including phenoxy) is 4. The first-order valence-electron chi connectivity index (χ1n) is 38.0. The van der Waals surface area contributed by atoms with E-state index in [1.165, 1.54) is 28.0 Å². The summed E-state index contributed by atoms with van der Waals surface area (Å²) in [6.45, 7) is 30.8. The summed E-state index contributed by atoms with van der Waals surface area (Å²) in [5, 5.41) is 26.9. The number of anilines is 3. The third kappa shape index (κ3) is 21.4. The van der Waals surface area contributed by atoms with Crippen molar-refractivity contribution in [1.29, 1.82) is 0 Å². The first-order chi connectivity index (χ1) is 55.2. The normalized spacial score (nSPS) is 18.5. The maximum Gasteiger partial charge on any atom is 0.449 e. The van der Waals surface area contributed by atoms with Gasteiger partial charge < -0.3 is 68.3 Å². The molecule has 3 saturated heterocycles. The first kappa shape index (κ1) is 96.6. The number of fused-ring (bicyclic) bond motifs is 8. The number of aliphatic hydroxyl groups is 1. The number of benzene rings is 6. The van der Waals surface area contributed by atoms with E-state index in [1.54, 1.807) is 72.9 Å². The molecule has 6 unspecified atom stereocenters. The van der Waals surface area contributed by atoms with E-state index in [4.69, 9.17) is 55.5 Å². The number of carbonyl (C=O) groups excluding carboxylic acids is 2. The maximum atomic E-state index is 13.9. The molecule has 7 atom stereocenters. The second kappa shape index (κ2) is 37.5. The number of carbonyl (C=O) groups is 2. The molecule has 2 amide bonds. The van der Waals surface area contributed by atoms with Gasteiger partial charge in [0.05, 0.1) is 54.2 Å². The Morgan fingerprint density at radius 2 is 1.13 bits per heavy atom. The number of phenolic OH excluding ortho intramolecular Hbond substituents is 1. The van der Waals surface area contributed by atoms with Crippen LogP contribution in [0.2, 0.25) is 36.3 Å². The lowest BCUT2D eigenvalue weighted by molar-refractivity contribution is -0.154. The van der Waals surface area contributed by atoms with Crippen LogP contribution >= 0.6 is 23.3 Å². The van der Waals surface area contributed by atoms with Gasteiger partial charge in [-0.15, -0.1) is 6.58 Å². The number of rotatable bonds is 14. The van der Waals surface area contributed by atoms with Gasteiger partial charge >= 0.3 is 24.7 Å². The van der Waals surface area contributed by atoms with Crippen LogP contribution in [0.4, 0.5) is 74.5 Å². The Labute approximate surface area is 704 Å². The number of furan rings is 2. The van der Waals surface area contributed by atoms with Crippen LogP contribution in [0.3, 0.4) is 0 Å². The maximum absolute atomic E-state index is 13.9. The molecule has 35 heteroatoms. The average Bonchev–Trinajstić information content (AvgIpc) is 1.68. The van der Waals surface area contributed by atoms with E-state index in [2.05, 4.69) is 94.8 Å². The third-order valence-electron chi connectivity index (χ3n) is 22.2. The summed E-state index contributed by atoms with van der Waals surface area (Å²) >= 11 is 11.6. The fraction of sp³-hybridized carbons (Fsp3) is 0.395. The van der Waals surface area contributed by atoms with Gasteiger partial charge in [0, 0.05) is 64.5 Å². The van der Waals surface area contributed by atoms with E-state index in [1.807, 2.05) is 44.2 Å². The molecule has 0 spiro atoms. The fourth-order valence-electron chi connectivity index (χ4n) is 14.1. The zero-order valence-electron chi connectivity index (χ0n) is 67.6. The minimum Gasteiger partial charge on any atom is -0.543 e. The lowest BCUT2D eigenvalue weighted by Gasteiger charge is -2.52. The van der Waals surface area contributed by atoms with E-state index in [9.17, 15) is 72.5 Å². The third-order valence-corrected chi connectivity index (χ3v) is 32.1. The van der Waals surface area contributed by atoms with Gasteiger partial charge in [-0.2, -0.15) is 63.8 Å². The molecule has 0 radical (unpaired) electrons. The number of piperidine rings is 3. The molecule has 0 saturated carbocycles. The number of aliphatic hydroxyl groups excluding tert-OH is 1. The topological polar surface area (TPSA) is 225 Å². The Kier molecular flexibility index (Phi) is 29.9. The van der Waals surface area contributed by atoms with Gasteiger partial charge in [0.1, 0.15) is 23.0 Å².